The van der Waals surface area contributed by atoms with Gasteiger partial charge in [0.05, 0.1) is 0 Å². The molecule has 2 aliphatic carbocycles. The third kappa shape index (κ3) is 19.1. The first-order valence-electron chi connectivity index (χ1n) is 49.0. The molecule has 12 nitrogen and oxygen atoms in total. The van der Waals surface area contributed by atoms with Crippen molar-refractivity contribution >= 4 is 23.5 Å². The second kappa shape index (κ2) is 34.4. The number of hydrogen-bond donors (Lipinski definition) is 12. The van der Waals surface area contributed by atoms with Crippen LogP contribution in [0.3, 0.4) is 0 Å². The fourth-order valence-electron chi connectivity index (χ4n) is 20.9. The Labute approximate surface area is 829 Å². The second-order valence-corrected chi connectivity index (χ2v) is 53.0. The van der Waals surface area contributed by atoms with E-state index in [-0.39, 0.29) is 120 Å². The van der Waals surface area contributed by atoms with E-state index in [2.05, 4.69) is 270 Å². The Morgan fingerprint density at radius 3 is 0.341 bits per heavy atom. The molecule has 12 aromatic carbocycles. The average molecular weight is 1890 g/mol. The first-order valence-corrected chi connectivity index (χ1v) is 50.6. The van der Waals surface area contributed by atoms with Gasteiger partial charge in [-0.15, -0.1) is 0 Å². The molecule has 728 valence electrons. The summed E-state index contributed by atoms with van der Waals surface area (Å²) in [6, 6.07) is 48.7. The number of aromatic hydroxyl groups is 12. The van der Waals surface area contributed by atoms with Crippen LogP contribution in [0.2, 0.25) is 0 Å². The van der Waals surface area contributed by atoms with E-state index < -0.39 is 65.0 Å². The van der Waals surface area contributed by atoms with Crippen molar-refractivity contribution in [2.75, 3.05) is 0 Å². The zero-order valence-corrected chi connectivity index (χ0v) is 89.3. The highest BCUT2D eigenvalue weighted by Gasteiger charge is 2.41. The van der Waals surface area contributed by atoms with Crippen molar-refractivity contribution in [3.8, 4) is 69.0 Å². The molecule has 12 N–H and O–H groups in total. The first-order chi connectivity index (χ1) is 63.3. The van der Waals surface area contributed by atoms with Crippen molar-refractivity contribution in [1.29, 1.82) is 0 Å². The molecule has 0 saturated carbocycles. The molecule has 16 rings (SSSR count). The highest BCUT2D eigenvalue weighted by Crippen LogP contribution is 2.56. The average Bonchev–Trinajstić information content (AvgIpc) is 0.751. The zero-order chi connectivity index (χ0) is 102. The molecule has 2 heterocycles. The van der Waals surface area contributed by atoms with Gasteiger partial charge in [0, 0.05) is 92.6 Å². The Balaban J connectivity index is 1.16. The summed E-state index contributed by atoms with van der Waals surface area (Å²) < 4.78 is 0. The Bertz CT molecular complexity index is 5750. The van der Waals surface area contributed by atoms with Crippen molar-refractivity contribution < 1.29 is 61.3 Å². The Morgan fingerprint density at radius 2 is 0.246 bits per heavy atom. The molecule has 12 aromatic rings. The Kier molecular flexibility index (Phi) is 25.3. The molecule has 0 atom stereocenters. The van der Waals surface area contributed by atoms with Gasteiger partial charge >= 0.3 is 0 Å². The lowest BCUT2D eigenvalue weighted by atomic mass is 9.71. The van der Waals surface area contributed by atoms with Crippen LogP contribution in [0.15, 0.2) is 165 Å². The Hall–Kier alpha value is -11.1. The summed E-state index contributed by atoms with van der Waals surface area (Å²) in [6.07, 6.45) is 0.0844. The van der Waals surface area contributed by atoms with Gasteiger partial charge in [-0.1, -0.05) is 342 Å². The monoisotopic (exact) mass is 1890 g/mol. The van der Waals surface area contributed by atoms with E-state index in [1.807, 2.05) is 97.1 Å². The standard InChI is InChI=1S/C124H148O12S2/c1-113(2,3)93-57-81-41-65(105(93)129)33-73-49-89-50-74(101(73)125)35-67-43-83(59-95(107(67)131)115(7,8)9)122(27,28)84-46-70(110(134)96(60-84)116(10,11)12)38-78-54-91(51-75(102(78)126)34-66-42-82(121(81,25)26)58-94(106(66)130)114(4,5)6)138-92-55-79-39-71-47-87(63-99(111(71)135)119(19,20)21)123(29,30)85-44-68(108(132)97(61-85)117(13,14)15)36-76-52-90(137-89)53-77(103(76)127)37-69-45-86(62-98(109(69)133)118(16,17)18)124(31,32)88-48-72(40-80(56-92)104(79)128)112(136)100(64-88)120(22,23)24/h41-64,125-136H,33-40H2,1-32H3. The van der Waals surface area contributed by atoms with Crippen molar-refractivity contribution in [3.63, 3.8) is 0 Å². The number of hydrogen-bond acceptors (Lipinski definition) is 14. The molecule has 138 heavy (non-hydrogen) atoms. The summed E-state index contributed by atoms with van der Waals surface area (Å²) in [4.78, 5) is 2.68. The van der Waals surface area contributed by atoms with Crippen LogP contribution < -0.4 is 0 Å². The maximum atomic E-state index is 13.8. The minimum absolute atomic E-state index is 0.0106. The quantitative estimate of drug-likeness (QED) is 0.0676. The molecule has 0 radical (unpaired) electrons. The summed E-state index contributed by atoms with van der Waals surface area (Å²) >= 11 is 2.84. The van der Waals surface area contributed by atoms with E-state index in [1.165, 1.54) is 23.5 Å². The van der Waals surface area contributed by atoms with Crippen LogP contribution in [0, 0.1) is 0 Å². The van der Waals surface area contributed by atoms with Gasteiger partial charge in [0.1, 0.15) is 69.0 Å². The summed E-state index contributed by atoms with van der Waals surface area (Å²) in [5.41, 5.74) is 11.3. The smallest absolute Gasteiger partial charge is 0.122 e. The molecular weight excluding hydrogens is 1750 g/mol. The van der Waals surface area contributed by atoms with Crippen molar-refractivity contribution in [1.82, 2.24) is 0 Å². The van der Waals surface area contributed by atoms with Crippen molar-refractivity contribution in [3.05, 3.63) is 324 Å². The van der Waals surface area contributed by atoms with E-state index in [0.717, 1.165) is 44.5 Å². The van der Waals surface area contributed by atoms with Gasteiger partial charge in [-0.2, -0.15) is 0 Å². The summed E-state index contributed by atoms with van der Waals surface area (Å²) in [5.74, 6) is 0.304. The van der Waals surface area contributed by atoms with Crippen LogP contribution >= 0.6 is 23.5 Å². The molecule has 0 saturated heterocycles. The van der Waals surface area contributed by atoms with E-state index in [9.17, 15) is 61.3 Å². The zero-order valence-electron chi connectivity index (χ0n) is 87.7. The van der Waals surface area contributed by atoms with Gasteiger partial charge in [0.25, 0.3) is 0 Å². The number of benzene rings is 12. The molecule has 0 spiro atoms. The lowest BCUT2D eigenvalue weighted by Gasteiger charge is -2.33. The largest absolute Gasteiger partial charge is 0.507 e. The number of rotatable bonds is 0. The van der Waals surface area contributed by atoms with Gasteiger partial charge < -0.3 is 61.3 Å². The molecule has 0 fully saturated rings. The van der Waals surface area contributed by atoms with Gasteiger partial charge in [0.15, 0.2) is 0 Å². The molecule has 0 amide bonds. The minimum Gasteiger partial charge on any atom is -0.507 e. The number of phenolic OH excluding ortho intramolecular Hbond substituents is 12. The molecule has 28 bridgehead atoms. The summed E-state index contributed by atoms with van der Waals surface area (Å²) in [6.45, 7) is 67.0. The number of phenols is 12. The van der Waals surface area contributed by atoms with E-state index >= 15 is 0 Å². The van der Waals surface area contributed by atoms with Crippen LogP contribution in [-0.2, 0) is 116 Å². The normalized spacial score (nSPS) is 15.8. The first kappa shape index (κ1) is 101. The van der Waals surface area contributed by atoms with Crippen LogP contribution in [0.4, 0.5) is 0 Å². The van der Waals surface area contributed by atoms with E-state index in [1.54, 1.807) is 0 Å². The molecule has 0 aromatic heterocycles. The second-order valence-electron chi connectivity index (χ2n) is 50.7. The third-order valence-corrected chi connectivity index (χ3v) is 32.1. The molecule has 2 aliphatic heterocycles. The Morgan fingerprint density at radius 1 is 0.152 bits per heavy atom. The topological polar surface area (TPSA) is 243 Å². The van der Waals surface area contributed by atoms with Gasteiger partial charge in [-0.25, -0.2) is 0 Å². The van der Waals surface area contributed by atoms with Crippen molar-refractivity contribution in [2.24, 2.45) is 0 Å². The molecule has 0 unspecified atom stereocenters. The lowest BCUT2D eigenvalue weighted by molar-refractivity contribution is 0.433. The highest BCUT2D eigenvalue weighted by molar-refractivity contribution is 7.99. The van der Waals surface area contributed by atoms with Gasteiger partial charge in [0.2, 0.25) is 0 Å². The molecular formula is C124H148O12S2. The van der Waals surface area contributed by atoms with E-state index in [4.69, 9.17) is 0 Å². The molecule has 4 aliphatic rings. The fraction of sp³-hybridized carbons (Fsp3) is 0.419. The van der Waals surface area contributed by atoms with Crippen molar-refractivity contribution in [2.45, 2.75) is 357 Å². The highest BCUT2D eigenvalue weighted by atomic mass is 32.2. The van der Waals surface area contributed by atoms with Gasteiger partial charge in [-0.3, -0.25) is 0 Å². The molecule has 14 heteroatoms. The maximum Gasteiger partial charge on any atom is 0.122 e. The van der Waals surface area contributed by atoms with Crippen LogP contribution in [0.25, 0.3) is 0 Å². The van der Waals surface area contributed by atoms with Gasteiger partial charge in [-0.05, 0) is 270 Å². The van der Waals surface area contributed by atoms with E-state index in [0.29, 0.717) is 153 Å². The lowest BCUT2D eigenvalue weighted by Crippen LogP contribution is -2.24. The van der Waals surface area contributed by atoms with Crippen LogP contribution in [0.5, 0.6) is 69.0 Å². The minimum atomic E-state index is -0.910. The van der Waals surface area contributed by atoms with Crippen LogP contribution in [0.1, 0.15) is 400 Å². The maximum absolute atomic E-state index is 13.8. The summed E-state index contributed by atoms with van der Waals surface area (Å²) in [5, 5.41) is 162. The predicted octanol–water partition coefficient (Wildman–Crippen LogP) is 29.8. The third-order valence-electron chi connectivity index (χ3n) is 30.2. The fourth-order valence-corrected chi connectivity index (χ4v) is 23.1. The SMILES string of the molecule is CC(C)(C)c1cc2cc(c1O)Cc1cc3cc(c1O)Cc1cc(cc(C(C)(C)C)c1O)C(C)(C)c1cc(c(O)c(C(C)(C)C)c1)Cc1cc(cc(c1O)Cc1cc(cc(C(C)(C)C)c1O)C2(C)C)Sc1cc2c(O)c(c1)Cc1cc(cc(C(C)(C)C)c1O)C(C)(C)c1cc(c(O)c(C(C)(C)C)c1)Cc1cc(cc(c1O)Cc1cc(cc(C(C)(C)C)c1O)C(C)(C)c1cc(c(O)c(C(C)(C)C)c1)C2)S3. The predicted molar refractivity (Wildman–Crippen MR) is 566 cm³/mol. The van der Waals surface area contributed by atoms with Crippen LogP contribution in [-0.4, -0.2) is 61.3 Å². The summed E-state index contributed by atoms with van der Waals surface area (Å²) in [7, 11) is 0.